The van der Waals surface area contributed by atoms with Crippen LogP contribution in [-0.2, 0) is 4.79 Å². The van der Waals surface area contributed by atoms with E-state index in [4.69, 9.17) is 0 Å². The Morgan fingerprint density at radius 1 is 1.20 bits per heavy atom. The summed E-state index contributed by atoms with van der Waals surface area (Å²) in [7, 11) is 1.91. The zero-order chi connectivity index (χ0) is 14.5. The quantitative estimate of drug-likeness (QED) is 0.818. The SMILES string of the molecule is CNc1ccc(/C=C2/C(=O)C3(C)CCC2C3(C)C)cc1. The van der Waals surface area contributed by atoms with Crippen LogP contribution in [0.25, 0.3) is 6.08 Å². The molecule has 0 spiro atoms. The number of nitrogens with one attached hydrogen (secondary N) is 1. The molecule has 2 bridgehead atoms. The molecule has 2 aliphatic carbocycles. The Kier molecular flexibility index (Phi) is 2.82. The maximum atomic E-state index is 12.8. The lowest BCUT2D eigenvalue weighted by Crippen LogP contribution is -2.32. The molecule has 0 amide bonds. The molecule has 2 fully saturated rings. The van der Waals surface area contributed by atoms with Crippen molar-refractivity contribution in [2.75, 3.05) is 12.4 Å². The number of anilines is 1. The van der Waals surface area contributed by atoms with Crippen molar-refractivity contribution >= 4 is 17.5 Å². The second-order valence-electron chi connectivity index (χ2n) is 6.95. The summed E-state index contributed by atoms with van der Waals surface area (Å²) >= 11 is 0. The molecule has 2 saturated carbocycles. The van der Waals surface area contributed by atoms with E-state index in [0.717, 1.165) is 29.7 Å². The Hall–Kier alpha value is -1.57. The number of fused-ring (bicyclic) bond motifs is 2. The van der Waals surface area contributed by atoms with Crippen LogP contribution in [0.1, 0.15) is 39.2 Å². The van der Waals surface area contributed by atoms with Crippen molar-refractivity contribution in [3.05, 3.63) is 35.4 Å². The minimum Gasteiger partial charge on any atom is -0.388 e. The standard InChI is InChI=1S/C18H23NO/c1-17(2)15-9-10-18(17,3)16(20)14(15)11-12-5-7-13(19-4)8-6-12/h5-8,11,15,19H,9-10H2,1-4H3/b14-11+. The number of Topliss-reactive ketones (excluding diaryl/α,β-unsaturated/α-hetero) is 1. The van der Waals surface area contributed by atoms with Crippen LogP contribution < -0.4 is 5.32 Å². The molecule has 2 atom stereocenters. The van der Waals surface area contributed by atoms with Crippen molar-refractivity contribution in [2.45, 2.75) is 33.6 Å². The molecule has 1 N–H and O–H groups in total. The Balaban J connectivity index is 1.99. The average Bonchev–Trinajstić information content (AvgIpc) is 2.74. The van der Waals surface area contributed by atoms with Crippen LogP contribution >= 0.6 is 0 Å². The third kappa shape index (κ3) is 1.60. The predicted octanol–water partition coefficient (Wildman–Crippen LogP) is 4.14. The number of rotatable bonds is 2. The van der Waals surface area contributed by atoms with Gasteiger partial charge in [0, 0.05) is 18.2 Å². The fourth-order valence-electron chi connectivity index (χ4n) is 4.02. The first-order chi connectivity index (χ1) is 9.40. The monoisotopic (exact) mass is 269 g/mol. The predicted molar refractivity (Wildman–Crippen MR) is 83.6 cm³/mol. The first-order valence-corrected chi connectivity index (χ1v) is 7.44. The highest BCUT2D eigenvalue weighted by Gasteiger charge is 2.63. The van der Waals surface area contributed by atoms with Crippen LogP contribution in [0.4, 0.5) is 5.69 Å². The van der Waals surface area contributed by atoms with Gasteiger partial charge >= 0.3 is 0 Å². The van der Waals surface area contributed by atoms with Crippen molar-refractivity contribution in [3.63, 3.8) is 0 Å². The minimum atomic E-state index is -0.158. The van der Waals surface area contributed by atoms with E-state index in [1.165, 1.54) is 0 Å². The van der Waals surface area contributed by atoms with Crippen LogP contribution in [-0.4, -0.2) is 12.8 Å². The van der Waals surface area contributed by atoms with Crippen LogP contribution in [0.2, 0.25) is 0 Å². The number of carbonyl (C=O) groups excluding carboxylic acids is 1. The summed E-state index contributed by atoms with van der Waals surface area (Å²) in [6, 6.07) is 8.26. The van der Waals surface area contributed by atoms with E-state index in [9.17, 15) is 4.79 Å². The van der Waals surface area contributed by atoms with Gasteiger partial charge in [0.2, 0.25) is 0 Å². The number of hydrogen-bond donors (Lipinski definition) is 1. The van der Waals surface area contributed by atoms with Crippen LogP contribution in [0, 0.1) is 16.7 Å². The van der Waals surface area contributed by atoms with Crippen LogP contribution in [0.3, 0.4) is 0 Å². The Bertz CT molecular complexity index is 582. The maximum Gasteiger partial charge on any atom is 0.165 e. The first-order valence-electron chi connectivity index (χ1n) is 7.44. The molecule has 2 heteroatoms. The second kappa shape index (κ2) is 4.21. The van der Waals surface area contributed by atoms with E-state index in [-0.39, 0.29) is 10.8 Å². The number of allylic oxidation sites excluding steroid dienone is 1. The fraction of sp³-hybridized carbons (Fsp3) is 0.500. The highest BCUT2D eigenvalue weighted by atomic mass is 16.1. The van der Waals surface area contributed by atoms with Gasteiger partial charge < -0.3 is 5.32 Å². The number of benzene rings is 1. The summed E-state index contributed by atoms with van der Waals surface area (Å²) in [5.74, 6) is 0.792. The molecule has 1 aromatic carbocycles. The number of hydrogen-bond acceptors (Lipinski definition) is 2. The Morgan fingerprint density at radius 2 is 1.85 bits per heavy atom. The van der Waals surface area contributed by atoms with Crippen molar-refractivity contribution in [1.29, 1.82) is 0 Å². The normalized spacial score (nSPS) is 32.9. The molecule has 0 radical (unpaired) electrons. The highest BCUT2D eigenvalue weighted by Crippen LogP contribution is 2.65. The lowest BCUT2D eigenvalue weighted by atomic mass is 9.70. The summed E-state index contributed by atoms with van der Waals surface area (Å²) in [5.41, 5.74) is 3.20. The summed E-state index contributed by atoms with van der Waals surface area (Å²) < 4.78 is 0. The van der Waals surface area contributed by atoms with E-state index >= 15 is 0 Å². The van der Waals surface area contributed by atoms with Crippen molar-refractivity contribution < 1.29 is 4.79 Å². The summed E-state index contributed by atoms with van der Waals surface area (Å²) in [4.78, 5) is 12.8. The molecular weight excluding hydrogens is 246 g/mol. The summed E-state index contributed by atoms with van der Waals surface area (Å²) in [5, 5.41) is 3.12. The average molecular weight is 269 g/mol. The van der Waals surface area contributed by atoms with Crippen molar-refractivity contribution in [2.24, 2.45) is 16.7 Å². The number of carbonyl (C=O) groups is 1. The lowest BCUT2D eigenvalue weighted by Gasteiger charge is -2.31. The minimum absolute atomic E-state index is 0.0980. The maximum absolute atomic E-state index is 12.8. The smallest absolute Gasteiger partial charge is 0.165 e. The van der Waals surface area contributed by atoms with Gasteiger partial charge in [0.25, 0.3) is 0 Å². The largest absolute Gasteiger partial charge is 0.388 e. The molecule has 0 heterocycles. The van der Waals surface area contributed by atoms with E-state index in [2.05, 4.69) is 56.4 Å². The van der Waals surface area contributed by atoms with Crippen LogP contribution in [0.5, 0.6) is 0 Å². The molecule has 0 aliphatic heterocycles. The topological polar surface area (TPSA) is 29.1 Å². The zero-order valence-electron chi connectivity index (χ0n) is 12.8. The third-order valence-corrected chi connectivity index (χ3v) is 5.89. The fourth-order valence-corrected chi connectivity index (χ4v) is 4.02. The lowest BCUT2D eigenvalue weighted by molar-refractivity contribution is -0.125. The highest BCUT2D eigenvalue weighted by molar-refractivity contribution is 6.07. The molecule has 1 aromatic rings. The van der Waals surface area contributed by atoms with Gasteiger partial charge in [-0.05, 0) is 53.5 Å². The van der Waals surface area contributed by atoms with Gasteiger partial charge in [0.05, 0.1) is 0 Å². The third-order valence-electron chi connectivity index (χ3n) is 5.89. The van der Waals surface area contributed by atoms with Gasteiger partial charge in [-0.3, -0.25) is 4.79 Å². The van der Waals surface area contributed by atoms with Gasteiger partial charge in [0.1, 0.15) is 0 Å². The van der Waals surface area contributed by atoms with E-state index in [1.54, 1.807) is 0 Å². The van der Waals surface area contributed by atoms with Gasteiger partial charge in [0.15, 0.2) is 5.78 Å². The summed E-state index contributed by atoms with van der Waals surface area (Å²) in [6.45, 7) is 6.67. The molecule has 2 aliphatic rings. The molecule has 0 saturated heterocycles. The zero-order valence-corrected chi connectivity index (χ0v) is 12.8. The van der Waals surface area contributed by atoms with E-state index < -0.39 is 0 Å². The first kappa shape index (κ1) is 13.4. The molecule has 2 unspecified atom stereocenters. The molecule has 0 aromatic heterocycles. The molecule has 106 valence electrons. The van der Waals surface area contributed by atoms with Gasteiger partial charge in [-0.25, -0.2) is 0 Å². The molecule has 3 rings (SSSR count). The van der Waals surface area contributed by atoms with E-state index in [1.807, 2.05) is 7.05 Å². The van der Waals surface area contributed by atoms with Crippen molar-refractivity contribution in [3.8, 4) is 0 Å². The molecule has 20 heavy (non-hydrogen) atoms. The van der Waals surface area contributed by atoms with Gasteiger partial charge in [-0.15, -0.1) is 0 Å². The van der Waals surface area contributed by atoms with Gasteiger partial charge in [-0.1, -0.05) is 32.9 Å². The number of ketones is 1. The Labute approximate surface area is 121 Å². The summed E-state index contributed by atoms with van der Waals surface area (Å²) in [6.07, 6.45) is 4.30. The Morgan fingerprint density at radius 3 is 2.35 bits per heavy atom. The van der Waals surface area contributed by atoms with E-state index in [0.29, 0.717) is 11.7 Å². The van der Waals surface area contributed by atoms with Crippen LogP contribution in [0.15, 0.2) is 29.8 Å². The second-order valence-corrected chi connectivity index (χ2v) is 6.95. The molecular formula is C18H23NO. The van der Waals surface area contributed by atoms with Gasteiger partial charge in [-0.2, -0.15) is 0 Å². The van der Waals surface area contributed by atoms with Crippen molar-refractivity contribution in [1.82, 2.24) is 0 Å². The molecule has 2 nitrogen and oxygen atoms in total.